The molecule has 188 valence electrons. The van der Waals surface area contributed by atoms with Crippen LogP contribution in [0, 0.1) is 0 Å². The van der Waals surface area contributed by atoms with Crippen molar-refractivity contribution in [1.29, 1.82) is 0 Å². The maximum absolute atomic E-state index is 12.5. The first-order valence-corrected chi connectivity index (χ1v) is 12.5. The number of aromatic amines is 1. The van der Waals surface area contributed by atoms with E-state index in [9.17, 15) is 9.59 Å². The van der Waals surface area contributed by atoms with E-state index in [2.05, 4.69) is 28.7 Å². The molecule has 0 atom stereocenters. The van der Waals surface area contributed by atoms with Gasteiger partial charge in [-0.1, -0.05) is 24.3 Å². The van der Waals surface area contributed by atoms with Crippen LogP contribution >= 0.6 is 0 Å². The molecule has 0 saturated heterocycles. The number of pyridine rings is 1. The molecule has 2 aromatic carbocycles. The summed E-state index contributed by atoms with van der Waals surface area (Å²) < 4.78 is 6.10. The van der Waals surface area contributed by atoms with Crippen LogP contribution in [0.5, 0.6) is 5.75 Å². The normalized spacial score (nSPS) is 11.4. The van der Waals surface area contributed by atoms with Gasteiger partial charge < -0.3 is 14.6 Å². The van der Waals surface area contributed by atoms with Crippen LogP contribution in [0.2, 0.25) is 0 Å². The number of allylic oxidation sites excluding steroid dienone is 2. The first kappa shape index (κ1) is 25.6. The number of hydrogen-bond donors (Lipinski definition) is 1. The molecule has 0 fully saturated rings. The van der Waals surface area contributed by atoms with Gasteiger partial charge in [-0.05, 0) is 79.4 Å². The van der Waals surface area contributed by atoms with Gasteiger partial charge in [0.25, 0.3) is 0 Å². The summed E-state index contributed by atoms with van der Waals surface area (Å²) in [6.45, 7) is 6.27. The molecule has 2 aromatic heterocycles. The second-order valence-corrected chi connectivity index (χ2v) is 8.60. The highest BCUT2D eigenvalue weighted by Crippen LogP contribution is 2.28. The van der Waals surface area contributed by atoms with E-state index in [0.29, 0.717) is 12.4 Å². The van der Waals surface area contributed by atoms with Gasteiger partial charge in [-0.3, -0.25) is 14.6 Å². The Bertz CT molecular complexity index is 1420. The summed E-state index contributed by atoms with van der Waals surface area (Å²) in [6.07, 6.45) is 9.74. The van der Waals surface area contributed by atoms with E-state index in [1.807, 2.05) is 66.9 Å². The van der Waals surface area contributed by atoms with E-state index in [0.717, 1.165) is 46.5 Å². The van der Waals surface area contributed by atoms with E-state index in [1.165, 1.54) is 12.2 Å². The molecule has 0 bridgehead atoms. The average Bonchev–Trinajstić information content (AvgIpc) is 3.39. The van der Waals surface area contributed by atoms with Gasteiger partial charge in [0.15, 0.2) is 11.6 Å². The molecule has 0 radical (unpaired) electrons. The molecule has 0 aliphatic carbocycles. The third kappa shape index (κ3) is 7.04. The highest BCUT2D eigenvalue weighted by Gasteiger charge is 2.10. The molecule has 6 nitrogen and oxygen atoms in total. The Hall–Kier alpha value is -4.45. The number of rotatable bonds is 12. The summed E-state index contributed by atoms with van der Waals surface area (Å²) in [4.78, 5) is 34.6. The number of fused-ring (bicyclic) bond motifs is 1. The number of H-pyrrole nitrogens is 1. The number of nitrogens with zero attached hydrogens (tertiary/aromatic N) is 2. The first-order chi connectivity index (χ1) is 18.1. The van der Waals surface area contributed by atoms with Gasteiger partial charge in [-0.25, -0.2) is 0 Å². The monoisotopic (exact) mass is 493 g/mol. The van der Waals surface area contributed by atoms with Crippen LogP contribution in [0.3, 0.4) is 0 Å². The Labute approximate surface area is 217 Å². The van der Waals surface area contributed by atoms with Gasteiger partial charge in [0, 0.05) is 48.3 Å². The van der Waals surface area contributed by atoms with E-state index in [1.54, 1.807) is 18.3 Å². The maximum atomic E-state index is 12.5. The predicted octanol–water partition coefficient (Wildman–Crippen LogP) is 6.24. The number of hydrogen-bond acceptors (Lipinski definition) is 5. The summed E-state index contributed by atoms with van der Waals surface area (Å²) in [7, 11) is 0. The Kier molecular flexibility index (Phi) is 8.66. The fourth-order valence-corrected chi connectivity index (χ4v) is 4.04. The molecular weight excluding hydrogens is 462 g/mol. The van der Waals surface area contributed by atoms with Gasteiger partial charge in [0.05, 0.1) is 12.1 Å². The molecule has 0 aliphatic rings. The molecular formula is C31H31N3O3. The lowest BCUT2D eigenvalue weighted by Gasteiger charge is -2.22. The lowest BCUT2D eigenvalue weighted by molar-refractivity contribution is -0.121. The van der Waals surface area contributed by atoms with Crippen molar-refractivity contribution >= 4 is 40.3 Å². The summed E-state index contributed by atoms with van der Waals surface area (Å²) in [5, 5.41) is 1.11. The molecule has 0 unspecified atom stereocenters. The molecule has 2 heterocycles. The quantitative estimate of drug-likeness (QED) is 0.187. The Balaban J connectivity index is 1.43. The van der Waals surface area contributed by atoms with Gasteiger partial charge in [-0.2, -0.15) is 0 Å². The minimum Gasteiger partial charge on any atom is -0.487 e. The highest BCUT2D eigenvalue weighted by atomic mass is 16.5. The van der Waals surface area contributed by atoms with Gasteiger partial charge in [-0.15, -0.1) is 0 Å². The van der Waals surface area contributed by atoms with Crippen molar-refractivity contribution in [2.24, 2.45) is 0 Å². The number of ketones is 2. The zero-order valence-electron chi connectivity index (χ0n) is 21.2. The average molecular weight is 494 g/mol. The fourth-order valence-electron chi connectivity index (χ4n) is 4.04. The van der Waals surface area contributed by atoms with E-state index < -0.39 is 0 Å². The zero-order chi connectivity index (χ0) is 26.0. The summed E-state index contributed by atoms with van der Waals surface area (Å²) in [6, 6.07) is 19.5. The van der Waals surface area contributed by atoms with Gasteiger partial charge >= 0.3 is 0 Å². The van der Waals surface area contributed by atoms with Crippen LogP contribution in [0.1, 0.15) is 37.1 Å². The summed E-state index contributed by atoms with van der Waals surface area (Å²) >= 11 is 0. The van der Waals surface area contributed by atoms with Crippen LogP contribution < -0.4 is 9.64 Å². The Morgan fingerprint density at radius 3 is 2.51 bits per heavy atom. The van der Waals surface area contributed by atoms with Crippen LogP contribution in [-0.4, -0.2) is 34.6 Å². The molecule has 37 heavy (non-hydrogen) atoms. The standard InChI is InChI=1S/C31H31N3O3/c1-3-34(4-2)27-13-11-25(31(20-27)37-22-26-7-5-6-17-32-26)12-15-29(36)21-28(35)14-9-23-8-10-24-16-18-33-30(24)19-23/h5-20,33H,3-4,21-22H2,1-2H3. The molecule has 4 rings (SSSR count). The lowest BCUT2D eigenvalue weighted by atomic mass is 10.1. The number of anilines is 1. The lowest BCUT2D eigenvalue weighted by Crippen LogP contribution is -2.21. The van der Waals surface area contributed by atoms with Gasteiger partial charge in [0.2, 0.25) is 0 Å². The van der Waals surface area contributed by atoms with E-state index in [-0.39, 0.29) is 18.0 Å². The van der Waals surface area contributed by atoms with Crippen LogP contribution in [0.15, 0.2) is 85.2 Å². The molecule has 0 amide bonds. The number of aromatic nitrogens is 2. The van der Waals surface area contributed by atoms with Crippen LogP contribution in [0.4, 0.5) is 5.69 Å². The maximum Gasteiger partial charge on any atom is 0.163 e. The molecule has 6 heteroatoms. The van der Waals surface area contributed by atoms with Crippen LogP contribution in [0.25, 0.3) is 23.1 Å². The third-order valence-corrected chi connectivity index (χ3v) is 6.07. The van der Waals surface area contributed by atoms with E-state index in [4.69, 9.17) is 4.74 Å². The van der Waals surface area contributed by atoms with Crippen molar-refractivity contribution in [2.45, 2.75) is 26.9 Å². The Morgan fingerprint density at radius 1 is 0.946 bits per heavy atom. The zero-order valence-corrected chi connectivity index (χ0v) is 21.2. The summed E-state index contributed by atoms with van der Waals surface area (Å²) in [5.74, 6) is 0.146. The number of ether oxygens (including phenoxy) is 1. The topological polar surface area (TPSA) is 75.3 Å². The van der Waals surface area contributed by atoms with Crippen molar-refractivity contribution in [3.8, 4) is 5.75 Å². The second kappa shape index (κ2) is 12.5. The minimum absolute atomic E-state index is 0.195. The predicted molar refractivity (Wildman–Crippen MR) is 150 cm³/mol. The third-order valence-electron chi connectivity index (χ3n) is 6.07. The molecule has 0 aliphatic heterocycles. The Morgan fingerprint density at radius 2 is 1.76 bits per heavy atom. The first-order valence-electron chi connectivity index (χ1n) is 12.5. The SMILES string of the molecule is CCN(CC)c1ccc(C=CC(=O)CC(=O)C=Cc2ccc3cc[nH]c3c2)c(OCc2ccccn2)c1. The largest absolute Gasteiger partial charge is 0.487 e. The van der Waals surface area contributed by atoms with Crippen molar-refractivity contribution in [3.05, 3.63) is 102 Å². The second-order valence-electron chi connectivity index (χ2n) is 8.60. The molecule has 4 aromatic rings. The summed E-state index contributed by atoms with van der Waals surface area (Å²) in [5.41, 5.74) is 4.52. The number of carbonyl (C=O) groups excluding carboxylic acids is 2. The molecule has 0 spiro atoms. The minimum atomic E-state index is -0.266. The number of nitrogens with one attached hydrogen (secondary N) is 1. The molecule has 1 N–H and O–H groups in total. The van der Waals surface area contributed by atoms with Gasteiger partial charge in [0.1, 0.15) is 12.4 Å². The number of carbonyl (C=O) groups is 2. The van der Waals surface area contributed by atoms with Crippen molar-refractivity contribution in [1.82, 2.24) is 9.97 Å². The molecule has 0 saturated carbocycles. The van der Waals surface area contributed by atoms with Crippen molar-refractivity contribution < 1.29 is 14.3 Å². The highest BCUT2D eigenvalue weighted by molar-refractivity contribution is 6.11. The van der Waals surface area contributed by atoms with E-state index >= 15 is 0 Å². The fraction of sp³-hybridized carbons (Fsp3) is 0.194. The van der Waals surface area contributed by atoms with Crippen LogP contribution in [-0.2, 0) is 16.2 Å². The smallest absolute Gasteiger partial charge is 0.163 e. The number of benzene rings is 2. The van der Waals surface area contributed by atoms with Crippen molar-refractivity contribution in [2.75, 3.05) is 18.0 Å². The van der Waals surface area contributed by atoms with Crippen molar-refractivity contribution in [3.63, 3.8) is 0 Å².